The largest absolute Gasteiger partial charge is 0.478 e. The van der Waals surface area contributed by atoms with Gasteiger partial charge in [0.1, 0.15) is 0 Å². The number of rotatable bonds is 5. The first kappa shape index (κ1) is 13.8. The fourth-order valence-corrected chi connectivity index (χ4v) is 3.06. The SMILES string of the molecule is CC1(NS(=O)(=O)c2ccc(/C=C/C(=O)O)cc2)CC1. The highest BCUT2D eigenvalue weighted by atomic mass is 32.2. The van der Waals surface area contributed by atoms with Crippen LogP contribution in [0.3, 0.4) is 0 Å². The molecule has 1 aliphatic rings. The van der Waals surface area contributed by atoms with Crippen molar-refractivity contribution in [1.29, 1.82) is 0 Å². The summed E-state index contributed by atoms with van der Waals surface area (Å²) < 4.78 is 26.7. The quantitative estimate of drug-likeness (QED) is 0.803. The van der Waals surface area contributed by atoms with Crippen LogP contribution in [0.15, 0.2) is 35.2 Å². The van der Waals surface area contributed by atoms with Crippen molar-refractivity contribution in [3.63, 3.8) is 0 Å². The molecule has 2 rings (SSSR count). The van der Waals surface area contributed by atoms with E-state index in [9.17, 15) is 13.2 Å². The highest BCUT2D eigenvalue weighted by molar-refractivity contribution is 7.89. The van der Waals surface area contributed by atoms with E-state index >= 15 is 0 Å². The molecule has 0 atom stereocenters. The molecule has 2 N–H and O–H groups in total. The molecular formula is C13H15NO4S. The van der Waals surface area contributed by atoms with Gasteiger partial charge in [-0.2, -0.15) is 0 Å². The predicted molar refractivity (Wildman–Crippen MR) is 71.1 cm³/mol. The van der Waals surface area contributed by atoms with Gasteiger partial charge in [0.2, 0.25) is 10.0 Å². The summed E-state index contributed by atoms with van der Waals surface area (Å²) in [6.45, 7) is 1.87. The molecule has 0 heterocycles. The van der Waals surface area contributed by atoms with Crippen molar-refractivity contribution in [2.75, 3.05) is 0 Å². The third-order valence-electron chi connectivity index (χ3n) is 2.99. The van der Waals surface area contributed by atoms with E-state index < -0.39 is 16.0 Å². The van der Waals surface area contributed by atoms with Crippen molar-refractivity contribution < 1.29 is 18.3 Å². The lowest BCUT2D eigenvalue weighted by atomic mass is 10.2. The second-order valence-electron chi connectivity index (χ2n) is 4.91. The smallest absolute Gasteiger partial charge is 0.328 e. The minimum absolute atomic E-state index is 0.188. The molecule has 0 amide bonds. The molecule has 5 nitrogen and oxygen atoms in total. The van der Waals surface area contributed by atoms with Gasteiger partial charge in [0.05, 0.1) is 4.90 Å². The molecule has 0 unspecified atom stereocenters. The molecule has 1 saturated carbocycles. The first-order chi connectivity index (χ1) is 8.81. The summed E-state index contributed by atoms with van der Waals surface area (Å²) in [6, 6.07) is 6.08. The topological polar surface area (TPSA) is 83.5 Å². The molecule has 0 radical (unpaired) electrons. The monoisotopic (exact) mass is 281 g/mol. The second kappa shape index (κ2) is 4.79. The van der Waals surface area contributed by atoms with Crippen LogP contribution in [0.1, 0.15) is 25.3 Å². The van der Waals surface area contributed by atoms with Crippen LogP contribution in [0.5, 0.6) is 0 Å². The van der Waals surface area contributed by atoms with Gasteiger partial charge in [-0.1, -0.05) is 12.1 Å². The number of carbonyl (C=O) groups is 1. The van der Waals surface area contributed by atoms with E-state index in [0.717, 1.165) is 18.9 Å². The Morgan fingerprint density at radius 1 is 1.32 bits per heavy atom. The molecule has 1 aromatic carbocycles. The standard InChI is InChI=1S/C13H15NO4S/c1-13(8-9-13)14-19(17,18)11-5-2-10(3-6-11)4-7-12(15)16/h2-7,14H,8-9H2,1H3,(H,15,16)/b7-4+. The highest BCUT2D eigenvalue weighted by Gasteiger charge is 2.41. The number of sulfonamides is 1. The lowest BCUT2D eigenvalue weighted by Crippen LogP contribution is -2.34. The summed E-state index contributed by atoms with van der Waals surface area (Å²) in [5.41, 5.74) is 0.333. The zero-order valence-electron chi connectivity index (χ0n) is 10.5. The molecule has 0 bridgehead atoms. The van der Waals surface area contributed by atoms with E-state index in [1.54, 1.807) is 12.1 Å². The van der Waals surface area contributed by atoms with E-state index in [0.29, 0.717) is 5.56 Å². The molecule has 0 saturated heterocycles. The van der Waals surface area contributed by atoms with E-state index in [2.05, 4.69) is 4.72 Å². The van der Waals surface area contributed by atoms with Gasteiger partial charge in [-0.3, -0.25) is 0 Å². The molecule has 1 aliphatic carbocycles. The Morgan fingerprint density at radius 3 is 2.37 bits per heavy atom. The van der Waals surface area contributed by atoms with Crippen LogP contribution in [0.25, 0.3) is 6.08 Å². The van der Waals surface area contributed by atoms with Crippen LogP contribution in [0.2, 0.25) is 0 Å². The van der Waals surface area contributed by atoms with Gasteiger partial charge in [-0.25, -0.2) is 17.9 Å². The maximum atomic E-state index is 12.0. The fourth-order valence-electron chi connectivity index (χ4n) is 1.60. The normalized spacial score (nSPS) is 17.5. The Labute approximate surface area is 112 Å². The summed E-state index contributed by atoms with van der Waals surface area (Å²) in [6.07, 6.45) is 4.12. The minimum atomic E-state index is -3.49. The average molecular weight is 281 g/mol. The molecule has 0 aromatic heterocycles. The molecule has 6 heteroatoms. The first-order valence-corrected chi connectivity index (χ1v) is 7.34. The van der Waals surface area contributed by atoms with Crippen LogP contribution in [0, 0.1) is 0 Å². The number of carboxylic acid groups (broad SMARTS) is 1. The van der Waals surface area contributed by atoms with Crippen molar-refractivity contribution in [3.8, 4) is 0 Å². The molecule has 1 fully saturated rings. The van der Waals surface area contributed by atoms with Gasteiger partial charge in [0.15, 0.2) is 0 Å². The number of nitrogens with one attached hydrogen (secondary N) is 1. The molecule has 19 heavy (non-hydrogen) atoms. The highest BCUT2D eigenvalue weighted by Crippen LogP contribution is 2.35. The maximum Gasteiger partial charge on any atom is 0.328 e. The van der Waals surface area contributed by atoms with E-state index in [1.807, 2.05) is 6.92 Å². The summed E-state index contributed by atoms with van der Waals surface area (Å²) in [5, 5.41) is 8.50. The van der Waals surface area contributed by atoms with E-state index in [-0.39, 0.29) is 10.4 Å². The van der Waals surface area contributed by atoms with Crippen molar-refractivity contribution in [3.05, 3.63) is 35.9 Å². The second-order valence-corrected chi connectivity index (χ2v) is 6.59. The third kappa shape index (κ3) is 3.65. The van der Waals surface area contributed by atoms with Crippen LogP contribution in [0.4, 0.5) is 0 Å². The van der Waals surface area contributed by atoms with Gasteiger partial charge >= 0.3 is 5.97 Å². The first-order valence-electron chi connectivity index (χ1n) is 5.86. The number of aliphatic carboxylic acids is 1. The number of hydrogen-bond donors (Lipinski definition) is 2. The Bertz CT molecular complexity index is 613. The van der Waals surface area contributed by atoms with Crippen molar-refractivity contribution in [1.82, 2.24) is 4.72 Å². The summed E-state index contributed by atoms with van der Waals surface area (Å²) >= 11 is 0. The van der Waals surface area contributed by atoms with Crippen LogP contribution < -0.4 is 4.72 Å². The lowest BCUT2D eigenvalue weighted by Gasteiger charge is -2.12. The van der Waals surface area contributed by atoms with Crippen molar-refractivity contribution >= 4 is 22.1 Å². The zero-order valence-corrected chi connectivity index (χ0v) is 11.3. The molecule has 0 aliphatic heterocycles. The van der Waals surface area contributed by atoms with E-state index in [4.69, 9.17) is 5.11 Å². The predicted octanol–water partition coefficient (Wildman–Crippen LogP) is 1.62. The summed E-state index contributed by atoms with van der Waals surface area (Å²) in [4.78, 5) is 10.6. The number of carboxylic acids is 1. The van der Waals surface area contributed by atoms with Gasteiger partial charge in [-0.05, 0) is 43.5 Å². The van der Waals surface area contributed by atoms with Gasteiger partial charge < -0.3 is 5.11 Å². The Kier molecular flexibility index (Phi) is 3.47. The zero-order chi connectivity index (χ0) is 14.1. The Morgan fingerprint density at radius 2 is 1.89 bits per heavy atom. The van der Waals surface area contributed by atoms with Gasteiger partial charge in [0, 0.05) is 11.6 Å². The van der Waals surface area contributed by atoms with Crippen LogP contribution in [-0.2, 0) is 14.8 Å². The van der Waals surface area contributed by atoms with Gasteiger partial charge in [0.25, 0.3) is 0 Å². The summed E-state index contributed by atoms with van der Waals surface area (Å²) in [5.74, 6) is -1.04. The third-order valence-corrected chi connectivity index (χ3v) is 4.64. The lowest BCUT2D eigenvalue weighted by molar-refractivity contribution is -0.131. The summed E-state index contributed by atoms with van der Waals surface area (Å²) in [7, 11) is -3.49. The minimum Gasteiger partial charge on any atom is -0.478 e. The maximum absolute atomic E-state index is 12.0. The molecule has 1 aromatic rings. The molecule has 0 spiro atoms. The van der Waals surface area contributed by atoms with E-state index in [1.165, 1.54) is 18.2 Å². The Hall–Kier alpha value is -1.66. The fraction of sp³-hybridized carbons (Fsp3) is 0.308. The Balaban J connectivity index is 2.15. The van der Waals surface area contributed by atoms with Gasteiger partial charge in [-0.15, -0.1) is 0 Å². The molecule has 102 valence electrons. The number of benzene rings is 1. The van der Waals surface area contributed by atoms with Crippen molar-refractivity contribution in [2.24, 2.45) is 0 Å². The molecular weight excluding hydrogens is 266 g/mol. The average Bonchev–Trinajstić information content (AvgIpc) is 3.03. The van der Waals surface area contributed by atoms with Crippen molar-refractivity contribution in [2.45, 2.75) is 30.2 Å². The van der Waals surface area contributed by atoms with Crippen LogP contribution >= 0.6 is 0 Å². The van der Waals surface area contributed by atoms with Crippen LogP contribution in [-0.4, -0.2) is 25.0 Å². The number of hydrogen-bond acceptors (Lipinski definition) is 3.